The summed E-state index contributed by atoms with van der Waals surface area (Å²) in [5.74, 6) is -8.21. The predicted octanol–water partition coefficient (Wildman–Crippen LogP) is 5.59. The number of ether oxygens (including phenoxy) is 6. The molecule has 670 valence electrons. The van der Waals surface area contributed by atoms with E-state index < -0.39 is 131 Å². The SMILES string of the molecule is CC(=O)O[C@H]1C(=O)[C@@]2(C)[C@H]([C@H](OC(=O)c3ccccc3)[C@]3(O)C[C@H](OC(=O)[C@H](OC(=O)CNC(=O)CCC=O)[C@@H](NC(=O)c4ccccc4)c4ccccc4)C(C)=C1C3(C)C)[C@]1(OC(C)=O)CO[C@@H]1C[C@@H]2O.CNCCCC[C@@H](NC)C(C)=O.CNCCCC[C@@H](NC)C(C)=O.CNCCCC[C@@H](NC)C(C)=O.CNCCCC[C@@H](NC)C(C)=O. The number of likely N-dealkylation sites (N-methyl/N-ethyl adjacent to an activating group) is 4. The number of hydrogen-bond acceptors (Lipinski definition) is 29. The number of aliphatic hydroxyl groups is 2. The topological polar surface area (TPSA) is 438 Å². The van der Waals surface area contributed by atoms with Crippen molar-refractivity contribution in [3.05, 3.63) is 119 Å². The second kappa shape index (κ2) is 53.9. The van der Waals surface area contributed by atoms with Crippen LogP contribution in [0, 0.1) is 16.7 Å². The van der Waals surface area contributed by atoms with Crippen LogP contribution in [0.25, 0.3) is 0 Å². The minimum Gasteiger partial charge on any atom is -0.455 e. The summed E-state index contributed by atoms with van der Waals surface area (Å²) in [4.78, 5) is 166. The standard InChI is InChI=1S/C53H58N2O17.4C9H20N2O/c1-29-35(69-49(65)43(70-39(61)27-54-38(60)23-16-24-56)41(32-17-10-7-11-18-32)55-47(63)33-19-12-8-13-20-33)26-53(66)46(71-48(64)34-21-14-9-15-22-34)44-51(6,36(59)25-37-52(44,28-67-37)72-31(3)58)45(62)42(68-30(2)57)40(29)50(53,4)5;4*1-8(12)9(11-3)6-4-5-7-10-2/h7-15,17-22,24,35-37,41-44,46,59,66H,16,23,25-28H2,1-6H3,(H,54,60)(H,55,63);4*9-11H,4-7H2,1-3H3/t35-,36-,37+,41-,42+,43+,44-,46-,51+,52-,53+;4*9-/m01111/s1. The molecule has 3 fully saturated rings. The van der Waals surface area contributed by atoms with Gasteiger partial charge in [0, 0.05) is 50.5 Å². The van der Waals surface area contributed by atoms with Crippen LogP contribution in [-0.2, 0) is 81.2 Å². The second-order valence-electron chi connectivity index (χ2n) is 31.5. The summed E-state index contributed by atoms with van der Waals surface area (Å²) in [6.07, 6.45) is 1.77. The Bertz CT molecular complexity index is 3660. The van der Waals surface area contributed by atoms with Crippen LogP contribution >= 0.6 is 0 Å². The van der Waals surface area contributed by atoms with Crippen molar-refractivity contribution in [3.8, 4) is 0 Å². The molecule has 2 amide bonds. The van der Waals surface area contributed by atoms with Gasteiger partial charge >= 0.3 is 29.8 Å². The van der Waals surface area contributed by atoms with E-state index in [1.54, 1.807) is 94.4 Å². The molecule has 15 atom stereocenters. The monoisotopic (exact) mass is 1680 g/mol. The van der Waals surface area contributed by atoms with Gasteiger partial charge in [-0.3, -0.25) is 47.9 Å². The van der Waals surface area contributed by atoms with Crippen LogP contribution in [0.4, 0.5) is 0 Å². The highest BCUT2D eigenvalue weighted by Gasteiger charge is 2.78. The minimum absolute atomic E-state index is 0.0194. The van der Waals surface area contributed by atoms with Crippen molar-refractivity contribution in [2.24, 2.45) is 16.7 Å². The molecule has 7 rings (SSSR count). The first-order valence-corrected chi connectivity index (χ1v) is 41.7. The molecular weight excluding hydrogens is 1550 g/mol. The summed E-state index contributed by atoms with van der Waals surface area (Å²) in [6.45, 7) is 17.6. The van der Waals surface area contributed by atoms with Crippen LogP contribution in [0.2, 0.25) is 0 Å². The summed E-state index contributed by atoms with van der Waals surface area (Å²) < 4.78 is 36.5. The fourth-order valence-corrected chi connectivity index (χ4v) is 15.7. The van der Waals surface area contributed by atoms with E-state index in [1.165, 1.54) is 52.0 Å². The van der Waals surface area contributed by atoms with Crippen molar-refractivity contribution in [2.45, 2.75) is 250 Å². The van der Waals surface area contributed by atoms with E-state index in [0.717, 1.165) is 117 Å². The zero-order valence-corrected chi connectivity index (χ0v) is 73.9. The van der Waals surface area contributed by atoms with Gasteiger partial charge in [-0.15, -0.1) is 0 Å². The summed E-state index contributed by atoms with van der Waals surface area (Å²) in [6, 6.07) is 22.3. The number of unbranched alkanes of at least 4 members (excludes halogenated alkanes) is 4. The lowest BCUT2D eigenvalue weighted by Gasteiger charge is -2.67. The number of benzene rings is 3. The molecule has 3 aliphatic carbocycles. The van der Waals surface area contributed by atoms with Crippen molar-refractivity contribution in [1.29, 1.82) is 0 Å². The second-order valence-corrected chi connectivity index (χ2v) is 31.5. The van der Waals surface area contributed by atoms with Crippen LogP contribution in [0.15, 0.2) is 102 Å². The number of Topliss-reactive ketones (excluding diaryl/α,β-unsaturated/α-hetero) is 5. The summed E-state index contributed by atoms with van der Waals surface area (Å²) in [7, 11) is 15.1. The van der Waals surface area contributed by atoms with Crippen molar-refractivity contribution in [2.75, 3.05) is 95.7 Å². The van der Waals surface area contributed by atoms with Gasteiger partial charge in [0.1, 0.15) is 65.9 Å². The molecule has 2 bridgehead atoms. The van der Waals surface area contributed by atoms with E-state index >= 15 is 9.59 Å². The molecular formula is C89H138N10O21. The Balaban J connectivity index is 0.000000620. The average molecular weight is 1680 g/mol. The Morgan fingerprint density at radius 2 is 1.01 bits per heavy atom. The minimum atomic E-state index is -2.51. The van der Waals surface area contributed by atoms with Crippen LogP contribution in [0.1, 0.15) is 204 Å². The number of rotatable bonds is 44. The van der Waals surface area contributed by atoms with Gasteiger partial charge in [-0.25, -0.2) is 9.59 Å². The highest BCUT2D eigenvalue weighted by atomic mass is 16.6. The third-order valence-corrected chi connectivity index (χ3v) is 22.7. The normalized spacial score (nSPS) is 22.4. The number of fused-ring (bicyclic) bond motifs is 5. The molecule has 0 aromatic heterocycles. The zero-order chi connectivity index (χ0) is 89.9. The maximum Gasteiger partial charge on any atom is 0.350 e. The lowest BCUT2D eigenvalue weighted by Crippen LogP contribution is -2.82. The third-order valence-electron chi connectivity index (χ3n) is 22.7. The smallest absolute Gasteiger partial charge is 0.350 e. The molecule has 1 saturated heterocycles. The fourth-order valence-electron chi connectivity index (χ4n) is 15.7. The zero-order valence-electron chi connectivity index (χ0n) is 73.9. The Kier molecular flexibility index (Phi) is 47.4. The molecule has 120 heavy (non-hydrogen) atoms. The molecule has 1 heterocycles. The van der Waals surface area contributed by atoms with Gasteiger partial charge in [0.05, 0.1) is 53.8 Å². The van der Waals surface area contributed by atoms with Gasteiger partial charge in [0.25, 0.3) is 5.91 Å². The van der Waals surface area contributed by atoms with Crippen molar-refractivity contribution in [1.82, 2.24) is 53.2 Å². The molecule has 0 spiro atoms. The molecule has 1 aliphatic heterocycles. The van der Waals surface area contributed by atoms with E-state index in [4.69, 9.17) is 28.4 Å². The molecule has 0 unspecified atom stereocenters. The molecule has 0 radical (unpaired) electrons. The van der Waals surface area contributed by atoms with Gasteiger partial charge < -0.3 is 96.6 Å². The lowest BCUT2D eigenvalue weighted by molar-refractivity contribution is -0.346. The van der Waals surface area contributed by atoms with Crippen molar-refractivity contribution in [3.63, 3.8) is 0 Å². The third kappa shape index (κ3) is 31.0. The van der Waals surface area contributed by atoms with Crippen LogP contribution in [0.3, 0.4) is 0 Å². The van der Waals surface area contributed by atoms with E-state index in [2.05, 4.69) is 53.2 Å². The number of amides is 2. The van der Waals surface area contributed by atoms with Gasteiger partial charge in [-0.1, -0.05) is 106 Å². The Hall–Kier alpha value is -8.73. The molecule has 4 aliphatic rings. The number of hydrogen-bond donors (Lipinski definition) is 12. The Morgan fingerprint density at radius 3 is 1.39 bits per heavy atom. The maximum atomic E-state index is 15.7. The number of carbonyl (C=O) groups excluding carboxylic acids is 13. The van der Waals surface area contributed by atoms with E-state index in [9.17, 15) is 63.0 Å². The first kappa shape index (κ1) is 105. The van der Waals surface area contributed by atoms with Gasteiger partial charge in [-0.05, 0) is 216 Å². The fraction of sp³-hybridized carbons (Fsp3) is 0.629. The maximum absolute atomic E-state index is 15.7. The highest BCUT2D eigenvalue weighted by Crippen LogP contribution is 2.64. The van der Waals surface area contributed by atoms with E-state index in [0.29, 0.717) is 6.29 Å². The summed E-state index contributed by atoms with van der Waals surface area (Å²) in [5, 5.41) is 55.6. The number of aliphatic hydroxyl groups excluding tert-OH is 1. The molecule has 3 aromatic carbocycles. The number of aldehydes is 1. The van der Waals surface area contributed by atoms with Crippen LogP contribution < -0.4 is 53.2 Å². The number of ketones is 5. The summed E-state index contributed by atoms with van der Waals surface area (Å²) in [5.41, 5.74) is -7.82. The Labute approximate surface area is 709 Å². The van der Waals surface area contributed by atoms with E-state index in [1.807, 2.05) is 56.4 Å². The van der Waals surface area contributed by atoms with Gasteiger partial charge in [0.2, 0.25) is 12.0 Å². The largest absolute Gasteiger partial charge is 0.455 e. The molecule has 31 heteroatoms. The van der Waals surface area contributed by atoms with Crippen LogP contribution in [0.5, 0.6) is 0 Å². The molecule has 12 N–H and O–H groups in total. The van der Waals surface area contributed by atoms with Gasteiger partial charge in [-0.2, -0.15) is 0 Å². The van der Waals surface area contributed by atoms with Crippen molar-refractivity contribution < 1.29 is 101 Å². The first-order valence-electron chi connectivity index (χ1n) is 41.7. The summed E-state index contributed by atoms with van der Waals surface area (Å²) >= 11 is 0. The first-order chi connectivity index (χ1) is 57.0. The van der Waals surface area contributed by atoms with Gasteiger partial charge in [0.15, 0.2) is 17.5 Å². The Morgan fingerprint density at radius 1 is 0.575 bits per heavy atom. The van der Waals surface area contributed by atoms with Crippen molar-refractivity contribution >= 4 is 76.9 Å². The molecule has 31 nitrogen and oxygen atoms in total. The van der Waals surface area contributed by atoms with Crippen LogP contribution in [-0.4, -0.2) is 255 Å². The number of nitrogens with one attached hydrogen (secondary N) is 10. The molecule has 2 saturated carbocycles. The number of carbonyl (C=O) groups is 13. The van der Waals surface area contributed by atoms with E-state index in [-0.39, 0.29) is 101 Å². The average Bonchev–Trinajstić information content (AvgIpc) is 0.668. The molecule has 3 aromatic rings. The lowest BCUT2D eigenvalue weighted by atomic mass is 9.44. The number of esters is 5. The predicted molar refractivity (Wildman–Crippen MR) is 455 cm³/mol. The highest BCUT2D eigenvalue weighted by molar-refractivity contribution is 5.97. The quantitative estimate of drug-likeness (QED) is 0.0108.